The van der Waals surface area contributed by atoms with Crippen LogP contribution in [-0.4, -0.2) is 23.0 Å². The number of benzene rings is 1. The molecule has 3 saturated carbocycles. The summed E-state index contributed by atoms with van der Waals surface area (Å²) in [5, 5.41) is 10.2. The molecule has 1 aromatic carbocycles. The monoisotopic (exact) mass is 536 g/mol. The Bertz CT molecular complexity index is 1310. The Morgan fingerprint density at radius 2 is 1.54 bits per heavy atom. The Kier molecular flexibility index (Phi) is 6.22. The number of carbonyl (C=O) groups is 3. The van der Waals surface area contributed by atoms with Crippen LogP contribution in [-0.2, 0) is 26.2 Å². The minimum Gasteiger partial charge on any atom is -0.481 e. The average Bonchev–Trinajstić information content (AvgIpc) is 2.84. The average molecular weight is 537 g/mol. The van der Waals surface area contributed by atoms with Crippen molar-refractivity contribution in [2.24, 2.45) is 27.6 Å². The maximum atomic E-state index is 12.4. The molecule has 0 aromatic heterocycles. The molecule has 212 valence electrons. The number of hydrogen-bond acceptors (Lipinski definition) is 5. The fourth-order valence-corrected chi connectivity index (χ4v) is 9.37. The van der Waals surface area contributed by atoms with Gasteiger partial charge in [-0.15, -0.1) is 0 Å². The first kappa shape index (κ1) is 27.9. The van der Waals surface area contributed by atoms with Crippen LogP contribution in [0.25, 0.3) is 0 Å². The first-order valence-corrected chi connectivity index (χ1v) is 14.5. The highest BCUT2D eigenvalue weighted by atomic mass is 16.6. The maximum Gasteiger partial charge on any atom is 0.309 e. The van der Waals surface area contributed by atoms with Crippen molar-refractivity contribution in [2.75, 3.05) is 0 Å². The van der Waals surface area contributed by atoms with Crippen LogP contribution in [0.4, 0.5) is 0 Å². The molecule has 0 amide bonds. The summed E-state index contributed by atoms with van der Waals surface area (Å²) in [6.45, 7) is 16.2. The number of carbonyl (C=O) groups excluding carboxylic acids is 2. The van der Waals surface area contributed by atoms with Gasteiger partial charge in [0.05, 0.1) is 5.41 Å². The molecule has 3 fully saturated rings. The van der Waals surface area contributed by atoms with Crippen molar-refractivity contribution in [3.8, 4) is 11.5 Å². The van der Waals surface area contributed by atoms with Crippen LogP contribution in [0.1, 0.15) is 110 Å². The van der Waals surface area contributed by atoms with Gasteiger partial charge in [0.2, 0.25) is 0 Å². The Morgan fingerprint density at radius 1 is 0.897 bits per heavy atom. The molecule has 1 N–H and O–H groups in total. The van der Waals surface area contributed by atoms with Crippen molar-refractivity contribution in [1.82, 2.24) is 0 Å². The van der Waals surface area contributed by atoms with Gasteiger partial charge in [0.15, 0.2) is 11.5 Å². The smallest absolute Gasteiger partial charge is 0.309 e. The van der Waals surface area contributed by atoms with Crippen LogP contribution in [0.2, 0.25) is 0 Å². The number of carboxylic acid groups (broad SMARTS) is 1. The minimum absolute atomic E-state index is 0.0224. The summed E-state index contributed by atoms with van der Waals surface area (Å²) in [5.41, 5.74) is 3.69. The normalized spacial score (nSPS) is 38.8. The zero-order valence-electron chi connectivity index (χ0n) is 24.9. The lowest BCUT2D eigenvalue weighted by molar-refractivity contribution is -0.177. The summed E-state index contributed by atoms with van der Waals surface area (Å²) < 4.78 is 11.2. The summed E-state index contributed by atoms with van der Waals surface area (Å²) in [4.78, 5) is 36.3. The number of carboxylic acids is 1. The highest BCUT2D eigenvalue weighted by Crippen LogP contribution is 2.74. The van der Waals surface area contributed by atoms with E-state index in [4.69, 9.17) is 9.47 Å². The molecule has 0 spiro atoms. The van der Waals surface area contributed by atoms with Crippen LogP contribution in [0.5, 0.6) is 11.5 Å². The molecule has 0 saturated heterocycles. The predicted molar refractivity (Wildman–Crippen MR) is 149 cm³/mol. The van der Waals surface area contributed by atoms with E-state index in [1.807, 2.05) is 19.9 Å². The minimum atomic E-state index is -0.678. The molecule has 0 bridgehead atoms. The molecule has 0 heterocycles. The van der Waals surface area contributed by atoms with Gasteiger partial charge in [-0.1, -0.05) is 39.3 Å². The number of fused-ring (bicyclic) bond motifs is 7. The summed E-state index contributed by atoms with van der Waals surface area (Å²) in [6, 6.07) is 1.94. The zero-order chi connectivity index (χ0) is 28.8. The first-order valence-electron chi connectivity index (χ1n) is 14.5. The van der Waals surface area contributed by atoms with E-state index in [0.29, 0.717) is 17.4 Å². The van der Waals surface area contributed by atoms with Gasteiger partial charge in [-0.3, -0.25) is 14.4 Å². The van der Waals surface area contributed by atoms with E-state index in [1.54, 1.807) is 0 Å². The lowest BCUT2D eigenvalue weighted by Gasteiger charge is -2.69. The Hall–Kier alpha value is -2.63. The Morgan fingerprint density at radius 3 is 2.15 bits per heavy atom. The second kappa shape index (κ2) is 8.68. The lowest BCUT2D eigenvalue weighted by atomic mass is 9.34. The van der Waals surface area contributed by atoms with Crippen LogP contribution in [0.15, 0.2) is 17.7 Å². The van der Waals surface area contributed by atoms with Crippen molar-refractivity contribution >= 4 is 17.9 Å². The number of hydrogen-bond donors (Lipinski definition) is 1. The molecule has 6 heteroatoms. The van der Waals surface area contributed by atoms with Crippen molar-refractivity contribution in [3.63, 3.8) is 0 Å². The molecule has 6 atom stereocenters. The van der Waals surface area contributed by atoms with Crippen molar-refractivity contribution in [3.05, 3.63) is 34.4 Å². The fourth-order valence-electron chi connectivity index (χ4n) is 9.37. The van der Waals surface area contributed by atoms with Crippen molar-refractivity contribution in [2.45, 2.75) is 112 Å². The van der Waals surface area contributed by atoms with Gasteiger partial charge in [0.25, 0.3) is 0 Å². The van der Waals surface area contributed by atoms with Gasteiger partial charge in [-0.25, -0.2) is 0 Å². The third kappa shape index (κ3) is 3.83. The largest absolute Gasteiger partial charge is 0.481 e. The van der Waals surface area contributed by atoms with E-state index < -0.39 is 23.3 Å². The van der Waals surface area contributed by atoms with E-state index in [9.17, 15) is 19.5 Å². The molecule has 5 rings (SSSR count). The fraction of sp³-hybridized carbons (Fsp3) is 0.667. The van der Waals surface area contributed by atoms with Gasteiger partial charge in [-0.05, 0) is 110 Å². The predicted octanol–water partition coefficient (Wildman–Crippen LogP) is 7.08. The summed E-state index contributed by atoms with van der Waals surface area (Å²) in [7, 11) is 0. The van der Waals surface area contributed by atoms with Crippen LogP contribution >= 0.6 is 0 Å². The zero-order valence-corrected chi connectivity index (χ0v) is 24.9. The molecule has 4 aliphatic carbocycles. The number of esters is 2. The highest BCUT2D eigenvalue weighted by molar-refractivity contribution is 5.76. The van der Waals surface area contributed by atoms with Gasteiger partial charge in [-0.2, -0.15) is 0 Å². The Balaban J connectivity index is 1.63. The quantitative estimate of drug-likeness (QED) is 0.252. The molecule has 0 aliphatic heterocycles. The topological polar surface area (TPSA) is 89.9 Å². The van der Waals surface area contributed by atoms with Gasteiger partial charge in [0, 0.05) is 19.3 Å². The van der Waals surface area contributed by atoms with Crippen LogP contribution in [0, 0.1) is 34.5 Å². The van der Waals surface area contributed by atoms with E-state index in [0.717, 1.165) is 68.1 Å². The SMILES string of the molecule is CC(=O)Oc1cc2c(c(C)c1OC(C)=O)CC=C1[C@]2(C)CC[C@]2(C)[C@@H]3C[C@](C)(C(=O)O)CC[C@]3(C)CC[C@]12C. The molecule has 0 radical (unpaired) electrons. The Labute approximate surface area is 232 Å². The number of aliphatic carboxylic acids is 1. The molecule has 0 unspecified atom stereocenters. The van der Waals surface area contributed by atoms with E-state index in [1.165, 1.54) is 19.4 Å². The maximum absolute atomic E-state index is 12.4. The molecule has 39 heavy (non-hydrogen) atoms. The van der Waals surface area contributed by atoms with E-state index >= 15 is 0 Å². The number of ether oxygens (including phenoxy) is 2. The van der Waals surface area contributed by atoms with Crippen LogP contribution in [0.3, 0.4) is 0 Å². The molecular formula is C33H44O6. The molecule has 6 nitrogen and oxygen atoms in total. The van der Waals surface area contributed by atoms with Gasteiger partial charge in [0.1, 0.15) is 0 Å². The van der Waals surface area contributed by atoms with Crippen LogP contribution < -0.4 is 9.47 Å². The van der Waals surface area contributed by atoms with E-state index in [2.05, 4.69) is 33.8 Å². The first-order chi connectivity index (χ1) is 18.0. The molecular weight excluding hydrogens is 492 g/mol. The summed E-state index contributed by atoms with van der Waals surface area (Å²) in [6.07, 6.45) is 9.70. The standard InChI is InChI=1S/C33H44O6/c1-19-22-9-10-25-31(6,23(22)17-24(38-20(2)34)27(19)39-21(3)35)14-16-33(8)26-18-30(5,28(36)37)12-11-29(26,4)13-15-32(25,33)7/h10,17,26H,9,11-16,18H2,1-8H3,(H,36,37)/t26-,29-,30-,31-,32-,33-/m1/s1. The highest BCUT2D eigenvalue weighted by Gasteiger charge is 2.67. The molecule has 1 aromatic rings. The van der Waals surface area contributed by atoms with Gasteiger partial charge >= 0.3 is 17.9 Å². The number of rotatable bonds is 3. The third-order valence-corrected chi connectivity index (χ3v) is 12.0. The summed E-state index contributed by atoms with van der Waals surface area (Å²) in [5.74, 6) is -0.605. The second-order valence-electron chi connectivity index (χ2n) is 14.2. The molecule has 4 aliphatic rings. The second-order valence-corrected chi connectivity index (χ2v) is 14.2. The third-order valence-electron chi connectivity index (χ3n) is 12.0. The van der Waals surface area contributed by atoms with Crippen molar-refractivity contribution < 1.29 is 29.0 Å². The summed E-state index contributed by atoms with van der Waals surface area (Å²) >= 11 is 0. The number of allylic oxidation sites excluding steroid dienone is 2. The van der Waals surface area contributed by atoms with E-state index in [-0.39, 0.29) is 21.7 Å². The van der Waals surface area contributed by atoms with Crippen molar-refractivity contribution in [1.29, 1.82) is 0 Å². The van der Waals surface area contributed by atoms with Gasteiger partial charge < -0.3 is 14.6 Å². The lowest BCUT2D eigenvalue weighted by Crippen LogP contribution is -2.62.